The summed E-state index contributed by atoms with van der Waals surface area (Å²) >= 11 is 0. The third-order valence-corrected chi connectivity index (χ3v) is 1.98. The highest BCUT2D eigenvalue weighted by Gasteiger charge is 2.08. The zero-order valence-electron chi connectivity index (χ0n) is 8.10. The molecule has 4 heteroatoms. The van der Waals surface area contributed by atoms with Crippen molar-refractivity contribution in [3.05, 3.63) is 41.8 Å². The lowest BCUT2D eigenvalue weighted by molar-refractivity contribution is 0.0697. The predicted octanol–water partition coefficient (Wildman–Crippen LogP) is 2.35. The number of carboxylic acids is 1. The van der Waals surface area contributed by atoms with Gasteiger partial charge in [-0.25, -0.2) is 9.78 Å². The molecule has 0 atom stereocenters. The summed E-state index contributed by atoms with van der Waals surface area (Å²) in [5, 5.41) is 8.81. The standard InChI is InChI=1S/C11H9NO3/c1-7-6-15-10(12-7)8-3-2-4-9(5-8)11(13)14/h2-6H,1H3,(H,13,14). The molecule has 0 bridgehead atoms. The Labute approximate surface area is 86.2 Å². The number of aromatic nitrogens is 1. The van der Waals surface area contributed by atoms with Crippen LogP contribution in [0.5, 0.6) is 0 Å². The lowest BCUT2D eigenvalue weighted by Crippen LogP contribution is -1.95. The number of carboxylic acid groups (broad SMARTS) is 1. The summed E-state index contributed by atoms with van der Waals surface area (Å²) in [6.45, 7) is 1.81. The van der Waals surface area contributed by atoms with Crippen LogP contribution in [0.3, 0.4) is 0 Å². The van der Waals surface area contributed by atoms with Crippen molar-refractivity contribution >= 4 is 5.97 Å². The number of hydrogen-bond donors (Lipinski definition) is 1. The second-order valence-electron chi connectivity index (χ2n) is 3.18. The maximum atomic E-state index is 10.7. The van der Waals surface area contributed by atoms with Gasteiger partial charge in [0.1, 0.15) is 6.26 Å². The molecule has 0 unspecified atom stereocenters. The molecular formula is C11H9NO3. The van der Waals surface area contributed by atoms with Crippen molar-refractivity contribution in [2.75, 3.05) is 0 Å². The van der Waals surface area contributed by atoms with Gasteiger partial charge in [0.25, 0.3) is 0 Å². The van der Waals surface area contributed by atoms with Crippen molar-refractivity contribution in [2.45, 2.75) is 6.92 Å². The minimum Gasteiger partial charge on any atom is -0.478 e. The van der Waals surface area contributed by atoms with E-state index < -0.39 is 5.97 Å². The molecule has 1 N–H and O–H groups in total. The second kappa shape index (κ2) is 3.57. The highest BCUT2D eigenvalue weighted by molar-refractivity contribution is 5.88. The normalized spacial score (nSPS) is 10.2. The summed E-state index contributed by atoms with van der Waals surface area (Å²) in [5.74, 6) is -0.518. The van der Waals surface area contributed by atoms with Crippen LogP contribution < -0.4 is 0 Å². The molecule has 1 aromatic heterocycles. The van der Waals surface area contributed by atoms with E-state index in [1.54, 1.807) is 12.1 Å². The van der Waals surface area contributed by atoms with Crippen LogP contribution in [0.4, 0.5) is 0 Å². The molecule has 0 aliphatic heterocycles. The number of nitrogens with zero attached hydrogens (tertiary/aromatic N) is 1. The number of oxazole rings is 1. The van der Waals surface area contributed by atoms with Crippen molar-refractivity contribution in [3.63, 3.8) is 0 Å². The fourth-order valence-corrected chi connectivity index (χ4v) is 1.27. The van der Waals surface area contributed by atoms with Crippen LogP contribution in [0, 0.1) is 6.92 Å². The Kier molecular flexibility index (Phi) is 2.25. The molecule has 0 amide bonds. The predicted molar refractivity (Wildman–Crippen MR) is 53.6 cm³/mol. The number of carbonyl (C=O) groups is 1. The quantitative estimate of drug-likeness (QED) is 0.813. The molecule has 0 saturated carbocycles. The van der Waals surface area contributed by atoms with Gasteiger partial charge in [-0.2, -0.15) is 0 Å². The average Bonchev–Trinajstić information content (AvgIpc) is 2.65. The van der Waals surface area contributed by atoms with Gasteiger partial charge in [-0.15, -0.1) is 0 Å². The molecule has 1 aromatic carbocycles. The molecule has 15 heavy (non-hydrogen) atoms. The fourth-order valence-electron chi connectivity index (χ4n) is 1.27. The summed E-state index contributed by atoms with van der Waals surface area (Å²) in [6.07, 6.45) is 1.53. The van der Waals surface area contributed by atoms with Gasteiger partial charge in [-0.3, -0.25) is 0 Å². The molecule has 0 saturated heterocycles. The van der Waals surface area contributed by atoms with Gasteiger partial charge in [-0.05, 0) is 25.1 Å². The highest BCUT2D eigenvalue weighted by Crippen LogP contribution is 2.19. The van der Waals surface area contributed by atoms with Crippen LogP contribution in [0.15, 0.2) is 34.9 Å². The molecular weight excluding hydrogens is 194 g/mol. The number of rotatable bonds is 2. The van der Waals surface area contributed by atoms with E-state index in [4.69, 9.17) is 9.52 Å². The molecule has 0 radical (unpaired) electrons. The van der Waals surface area contributed by atoms with E-state index >= 15 is 0 Å². The minimum absolute atomic E-state index is 0.225. The molecule has 76 valence electrons. The average molecular weight is 203 g/mol. The van der Waals surface area contributed by atoms with Crippen molar-refractivity contribution < 1.29 is 14.3 Å². The van der Waals surface area contributed by atoms with Gasteiger partial charge in [0, 0.05) is 5.56 Å². The van der Waals surface area contributed by atoms with Crippen LogP contribution in [-0.4, -0.2) is 16.1 Å². The molecule has 2 rings (SSSR count). The molecule has 2 aromatic rings. The number of benzene rings is 1. The first-order valence-electron chi connectivity index (χ1n) is 4.42. The Bertz CT molecular complexity index is 502. The van der Waals surface area contributed by atoms with Crippen molar-refractivity contribution in [1.82, 2.24) is 4.98 Å². The maximum Gasteiger partial charge on any atom is 0.335 e. The molecule has 0 fully saturated rings. The lowest BCUT2D eigenvalue weighted by atomic mass is 10.1. The smallest absolute Gasteiger partial charge is 0.335 e. The van der Waals surface area contributed by atoms with Gasteiger partial charge < -0.3 is 9.52 Å². The van der Waals surface area contributed by atoms with Gasteiger partial charge >= 0.3 is 5.97 Å². The van der Waals surface area contributed by atoms with Crippen LogP contribution >= 0.6 is 0 Å². The highest BCUT2D eigenvalue weighted by atomic mass is 16.4. The zero-order chi connectivity index (χ0) is 10.8. The molecule has 0 spiro atoms. The Hall–Kier alpha value is -2.10. The van der Waals surface area contributed by atoms with E-state index in [-0.39, 0.29) is 5.56 Å². The summed E-state index contributed by atoms with van der Waals surface area (Å²) in [5.41, 5.74) is 1.66. The largest absolute Gasteiger partial charge is 0.478 e. The number of aromatic carboxylic acids is 1. The topological polar surface area (TPSA) is 63.3 Å². The molecule has 0 aliphatic rings. The van der Waals surface area contributed by atoms with E-state index in [0.717, 1.165) is 5.69 Å². The Morgan fingerprint density at radius 3 is 2.87 bits per heavy atom. The number of hydrogen-bond acceptors (Lipinski definition) is 3. The van der Waals surface area contributed by atoms with E-state index in [9.17, 15) is 4.79 Å². The van der Waals surface area contributed by atoms with E-state index in [0.29, 0.717) is 11.5 Å². The lowest BCUT2D eigenvalue weighted by Gasteiger charge is -1.97. The zero-order valence-corrected chi connectivity index (χ0v) is 8.10. The summed E-state index contributed by atoms with van der Waals surface area (Å²) in [6, 6.07) is 6.49. The minimum atomic E-state index is -0.958. The first-order valence-corrected chi connectivity index (χ1v) is 4.42. The third kappa shape index (κ3) is 1.88. The van der Waals surface area contributed by atoms with E-state index in [2.05, 4.69) is 4.98 Å². The summed E-state index contributed by atoms with van der Waals surface area (Å²) in [7, 11) is 0. The van der Waals surface area contributed by atoms with Gasteiger partial charge in [-0.1, -0.05) is 6.07 Å². The second-order valence-corrected chi connectivity index (χ2v) is 3.18. The number of aryl methyl sites for hydroxylation is 1. The van der Waals surface area contributed by atoms with Gasteiger partial charge in [0.2, 0.25) is 5.89 Å². The summed E-state index contributed by atoms with van der Waals surface area (Å²) < 4.78 is 5.18. The first kappa shape index (κ1) is 9.45. The third-order valence-electron chi connectivity index (χ3n) is 1.98. The fraction of sp³-hybridized carbons (Fsp3) is 0.0909. The monoisotopic (exact) mass is 203 g/mol. The summed E-state index contributed by atoms with van der Waals surface area (Å²) in [4.78, 5) is 14.9. The Morgan fingerprint density at radius 1 is 1.47 bits per heavy atom. The van der Waals surface area contributed by atoms with Crippen LogP contribution in [0.25, 0.3) is 11.5 Å². The van der Waals surface area contributed by atoms with Gasteiger partial charge in [0.05, 0.1) is 11.3 Å². The van der Waals surface area contributed by atoms with Crippen LogP contribution in [0.2, 0.25) is 0 Å². The molecule has 1 heterocycles. The SMILES string of the molecule is Cc1coc(-c2cccc(C(=O)O)c2)n1. The van der Waals surface area contributed by atoms with E-state index in [1.807, 2.05) is 6.92 Å². The van der Waals surface area contributed by atoms with Crippen LogP contribution in [-0.2, 0) is 0 Å². The van der Waals surface area contributed by atoms with E-state index in [1.165, 1.54) is 18.4 Å². The maximum absolute atomic E-state index is 10.7. The van der Waals surface area contributed by atoms with Crippen molar-refractivity contribution in [2.24, 2.45) is 0 Å². The van der Waals surface area contributed by atoms with Gasteiger partial charge in [0.15, 0.2) is 0 Å². The first-order chi connectivity index (χ1) is 7.16. The van der Waals surface area contributed by atoms with Crippen LogP contribution in [0.1, 0.15) is 16.1 Å². The molecule has 4 nitrogen and oxygen atoms in total. The van der Waals surface area contributed by atoms with Crippen molar-refractivity contribution in [3.8, 4) is 11.5 Å². The Morgan fingerprint density at radius 2 is 2.27 bits per heavy atom. The Balaban J connectivity index is 2.45. The van der Waals surface area contributed by atoms with Crippen molar-refractivity contribution in [1.29, 1.82) is 0 Å². The molecule has 0 aliphatic carbocycles.